The minimum atomic E-state index is -3.81. The smallest absolute Gasteiger partial charge is 0.255 e. The van der Waals surface area contributed by atoms with Gasteiger partial charge in [-0.1, -0.05) is 11.6 Å². The molecular weight excluding hydrogens is 392 g/mol. The van der Waals surface area contributed by atoms with Crippen LogP contribution in [0.4, 0.5) is 5.69 Å². The second-order valence-electron chi connectivity index (χ2n) is 5.84. The maximum atomic E-state index is 12.9. The van der Waals surface area contributed by atoms with Crippen LogP contribution in [-0.4, -0.2) is 52.0 Å². The van der Waals surface area contributed by atoms with E-state index in [0.717, 1.165) is 0 Å². The molecule has 7 nitrogen and oxygen atoms in total. The van der Waals surface area contributed by atoms with E-state index in [9.17, 15) is 13.2 Å². The Morgan fingerprint density at radius 1 is 1.15 bits per heavy atom. The number of nitrogens with one attached hydrogen (secondary N) is 1. The zero-order valence-corrected chi connectivity index (χ0v) is 16.2. The average Bonchev–Trinajstić information content (AvgIpc) is 2.69. The number of anilines is 1. The topological polar surface area (TPSA) is 84.9 Å². The van der Waals surface area contributed by atoms with Crippen molar-refractivity contribution in [1.82, 2.24) is 4.31 Å². The van der Waals surface area contributed by atoms with E-state index in [1.165, 1.54) is 22.5 Å². The van der Waals surface area contributed by atoms with Gasteiger partial charge in [0.2, 0.25) is 10.0 Å². The van der Waals surface area contributed by atoms with Gasteiger partial charge >= 0.3 is 0 Å². The van der Waals surface area contributed by atoms with E-state index in [1.807, 2.05) is 0 Å². The molecule has 1 saturated heterocycles. The van der Waals surface area contributed by atoms with Crippen LogP contribution < -0.4 is 10.1 Å². The van der Waals surface area contributed by atoms with Crippen molar-refractivity contribution in [1.29, 1.82) is 0 Å². The number of hydrogen-bond acceptors (Lipinski definition) is 5. The summed E-state index contributed by atoms with van der Waals surface area (Å²) in [6.45, 7) is 1.16. The van der Waals surface area contributed by atoms with Gasteiger partial charge in [0.25, 0.3) is 5.91 Å². The van der Waals surface area contributed by atoms with Gasteiger partial charge in [-0.05, 0) is 42.5 Å². The third kappa shape index (κ3) is 4.41. The summed E-state index contributed by atoms with van der Waals surface area (Å²) in [5.74, 6) is 0.230. The van der Waals surface area contributed by atoms with Gasteiger partial charge in [-0.25, -0.2) is 8.42 Å². The molecule has 1 amide bonds. The molecule has 2 aromatic rings. The number of hydrogen-bond donors (Lipinski definition) is 1. The first kappa shape index (κ1) is 19.6. The first-order chi connectivity index (χ1) is 12.9. The lowest BCUT2D eigenvalue weighted by Gasteiger charge is -2.26. The molecule has 1 fully saturated rings. The summed E-state index contributed by atoms with van der Waals surface area (Å²) in [6, 6.07) is 11.0. The number of morpholine rings is 1. The van der Waals surface area contributed by atoms with Crippen LogP contribution in [-0.2, 0) is 14.8 Å². The molecule has 0 unspecified atom stereocenters. The summed E-state index contributed by atoms with van der Waals surface area (Å²) < 4.78 is 37.3. The van der Waals surface area contributed by atoms with Gasteiger partial charge < -0.3 is 14.8 Å². The molecule has 3 rings (SSSR count). The number of carbonyl (C=O) groups excluding carboxylic acids is 1. The predicted octanol–water partition coefficient (Wildman–Crippen LogP) is 2.62. The number of nitrogens with zero attached hydrogens (tertiary/aromatic N) is 1. The highest BCUT2D eigenvalue weighted by atomic mass is 35.5. The van der Waals surface area contributed by atoms with E-state index in [2.05, 4.69) is 5.32 Å². The van der Waals surface area contributed by atoms with Gasteiger partial charge in [0.1, 0.15) is 10.6 Å². The summed E-state index contributed by atoms with van der Waals surface area (Å²) in [6.07, 6.45) is 0. The van der Waals surface area contributed by atoms with E-state index in [1.54, 1.807) is 31.4 Å². The summed E-state index contributed by atoms with van der Waals surface area (Å²) in [5.41, 5.74) is 0.760. The number of methoxy groups -OCH3 is 1. The number of benzene rings is 2. The quantitative estimate of drug-likeness (QED) is 0.819. The molecule has 27 heavy (non-hydrogen) atoms. The molecule has 0 spiro atoms. The maximum Gasteiger partial charge on any atom is 0.255 e. The van der Waals surface area contributed by atoms with Crippen molar-refractivity contribution in [3.63, 3.8) is 0 Å². The molecule has 1 aliphatic rings. The zero-order chi connectivity index (χ0) is 19.4. The Hall–Kier alpha value is -2.13. The third-order valence-electron chi connectivity index (χ3n) is 4.13. The molecule has 1 N–H and O–H groups in total. The fourth-order valence-electron chi connectivity index (χ4n) is 2.65. The lowest BCUT2D eigenvalue weighted by molar-refractivity contribution is 0.0730. The minimum absolute atomic E-state index is 0.0717. The standard InChI is InChI=1S/C18H19ClN2O5S/c1-25-15-5-3-14(4-6-15)20-18(22)13-2-7-16(19)17(12-13)27(23,24)21-8-10-26-11-9-21/h2-7,12H,8-11H2,1H3,(H,20,22). The Morgan fingerprint density at radius 3 is 2.44 bits per heavy atom. The zero-order valence-electron chi connectivity index (χ0n) is 14.6. The average molecular weight is 411 g/mol. The highest BCUT2D eigenvalue weighted by molar-refractivity contribution is 7.89. The monoisotopic (exact) mass is 410 g/mol. The second-order valence-corrected chi connectivity index (χ2v) is 8.16. The van der Waals surface area contributed by atoms with Gasteiger partial charge in [0.15, 0.2) is 0 Å². The molecule has 0 aliphatic carbocycles. The summed E-state index contributed by atoms with van der Waals surface area (Å²) in [4.78, 5) is 12.4. The molecule has 1 aliphatic heterocycles. The number of ether oxygens (including phenoxy) is 2. The van der Waals surface area contributed by atoms with Crippen LogP contribution in [0.5, 0.6) is 5.75 Å². The van der Waals surface area contributed by atoms with Crippen LogP contribution in [0.2, 0.25) is 5.02 Å². The Balaban J connectivity index is 1.84. The van der Waals surface area contributed by atoms with Crippen molar-refractivity contribution in [3.05, 3.63) is 53.1 Å². The molecule has 144 valence electrons. The van der Waals surface area contributed by atoms with Crippen LogP contribution >= 0.6 is 11.6 Å². The molecule has 0 atom stereocenters. The second kappa shape index (κ2) is 8.26. The number of amides is 1. The van der Waals surface area contributed by atoms with Crippen molar-refractivity contribution < 1.29 is 22.7 Å². The van der Waals surface area contributed by atoms with Crippen molar-refractivity contribution in [2.75, 3.05) is 38.7 Å². The Kier molecular flexibility index (Phi) is 6.01. The molecule has 2 aromatic carbocycles. The highest BCUT2D eigenvalue weighted by Crippen LogP contribution is 2.27. The Labute approximate surface area is 162 Å². The van der Waals surface area contributed by atoms with Gasteiger partial charge in [-0.2, -0.15) is 4.31 Å². The largest absolute Gasteiger partial charge is 0.497 e. The maximum absolute atomic E-state index is 12.9. The Bertz CT molecular complexity index is 925. The van der Waals surface area contributed by atoms with Gasteiger partial charge in [-0.3, -0.25) is 4.79 Å². The van der Waals surface area contributed by atoms with E-state index < -0.39 is 15.9 Å². The number of halogens is 1. The third-order valence-corrected chi connectivity index (χ3v) is 6.51. The van der Waals surface area contributed by atoms with Crippen LogP contribution in [0.25, 0.3) is 0 Å². The van der Waals surface area contributed by atoms with Crippen molar-refractivity contribution in [3.8, 4) is 5.75 Å². The van der Waals surface area contributed by atoms with Crippen LogP contribution in [0, 0.1) is 0 Å². The lowest BCUT2D eigenvalue weighted by Crippen LogP contribution is -2.40. The van der Waals surface area contributed by atoms with Gasteiger partial charge in [0, 0.05) is 24.3 Å². The fraction of sp³-hybridized carbons (Fsp3) is 0.278. The summed E-state index contributed by atoms with van der Waals surface area (Å²) in [5, 5.41) is 2.79. The van der Waals surface area contributed by atoms with Crippen LogP contribution in [0.3, 0.4) is 0 Å². The SMILES string of the molecule is COc1ccc(NC(=O)c2ccc(Cl)c(S(=O)(=O)N3CCOCC3)c2)cc1. The normalized spacial score (nSPS) is 15.3. The van der Waals surface area contributed by atoms with Crippen molar-refractivity contribution in [2.24, 2.45) is 0 Å². The molecule has 0 aromatic heterocycles. The molecule has 1 heterocycles. The predicted molar refractivity (Wildman–Crippen MR) is 102 cm³/mol. The lowest BCUT2D eigenvalue weighted by atomic mass is 10.2. The Morgan fingerprint density at radius 2 is 1.81 bits per heavy atom. The van der Waals surface area contributed by atoms with Crippen LogP contribution in [0.15, 0.2) is 47.4 Å². The van der Waals surface area contributed by atoms with Gasteiger partial charge in [0.05, 0.1) is 25.3 Å². The summed E-state index contributed by atoms with van der Waals surface area (Å²) >= 11 is 6.12. The van der Waals surface area contributed by atoms with E-state index in [-0.39, 0.29) is 28.6 Å². The molecule has 0 radical (unpaired) electrons. The van der Waals surface area contributed by atoms with Crippen LogP contribution in [0.1, 0.15) is 10.4 Å². The fourth-order valence-corrected chi connectivity index (χ4v) is 4.55. The highest BCUT2D eigenvalue weighted by Gasteiger charge is 2.29. The van der Waals surface area contributed by atoms with Gasteiger partial charge in [-0.15, -0.1) is 0 Å². The van der Waals surface area contributed by atoms with Crippen molar-refractivity contribution >= 4 is 33.2 Å². The summed E-state index contributed by atoms with van der Waals surface area (Å²) in [7, 11) is -2.25. The molecular formula is C18H19ClN2O5S. The minimum Gasteiger partial charge on any atom is -0.497 e. The number of sulfonamides is 1. The first-order valence-corrected chi connectivity index (χ1v) is 10.1. The molecule has 9 heteroatoms. The van der Waals surface area contributed by atoms with E-state index >= 15 is 0 Å². The van der Waals surface area contributed by atoms with E-state index in [0.29, 0.717) is 24.7 Å². The van der Waals surface area contributed by atoms with E-state index in [4.69, 9.17) is 21.1 Å². The number of carbonyl (C=O) groups is 1. The number of rotatable bonds is 5. The molecule has 0 bridgehead atoms. The van der Waals surface area contributed by atoms with Crippen molar-refractivity contribution in [2.45, 2.75) is 4.90 Å². The first-order valence-electron chi connectivity index (χ1n) is 8.24. The molecule has 0 saturated carbocycles.